The van der Waals surface area contributed by atoms with Crippen LogP contribution in [0.2, 0.25) is 5.02 Å². The first-order valence-corrected chi connectivity index (χ1v) is 9.23. The van der Waals surface area contributed by atoms with Crippen LogP contribution in [-0.2, 0) is 9.59 Å². The van der Waals surface area contributed by atoms with Gasteiger partial charge in [-0.3, -0.25) is 9.59 Å². The second-order valence-corrected chi connectivity index (χ2v) is 7.25. The molecule has 1 aromatic carbocycles. The van der Waals surface area contributed by atoms with Gasteiger partial charge in [-0.05, 0) is 17.7 Å². The van der Waals surface area contributed by atoms with Crippen molar-refractivity contribution < 1.29 is 9.59 Å². The lowest BCUT2D eigenvalue weighted by molar-refractivity contribution is -0.144. The Morgan fingerprint density at radius 1 is 1.33 bits per heavy atom. The number of piperazine rings is 1. The number of nitrogens with one attached hydrogen (secondary N) is 1. The molecule has 2 unspecified atom stereocenters. The number of benzene rings is 1. The van der Waals surface area contributed by atoms with Crippen molar-refractivity contribution in [1.29, 1.82) is 0 Å². The summed E-state index contributed by atoms with van der Waals surface area (Å²) >= 11 is 7.73. The van der Waals surface area contributed by atoms with Crippen LogP contribution in [0.3, 0.4) is 0 Å². The predicted molar refractivity (Wildman–Crippen MR) is 99.7 cm³/mol. The lowest BCUT2D eigenvalue weighted by Crippen LogP contribution is -2.55. The Bertz CT molecular complexity index is 617. The number of thioether (sulfide) groups is 1. The predicted octanol–water partition coefficient (Wildman–Crippen LogP) is 2.16. The van der Waals surface area contributed by atoms with Gasteiger partial charge >= 0.3 is 0 Å². The van der Waals surface area contributed by atoms with Crippen molar-refractivity contribution in [2.45, 2.75) is 19.0 Å². The number of carbonyl (C=O) groups excluding carboxylic acids is 2. The summed E-state index contributed by atoms with van der Waals surface area (Å²) in [5.41, 5.74) is 1.03. The van der Waals surface area contributed by atoms with E-state index >= 15 is 0 Å². The van der Waals surface area contributed by atoms with Crippen LogP contribution in [0.1, 0.15) is 18.5 Å². The van der Waals surface area contributed by atoms with Gasteiger partial charge in [-0.25, -0.2) is 0 Å². The van der Waals surface area contributed by atoms with Gasteiger partial charge in [-0.1, -0.05) is 23.7 Å². The van der Waals surface area contributed by atoms with Gasteiger partial charge in [0.15, 0.2) is 0 Å². The fraction of sp³-hybridized carbons (Fsp3) is 0.500. The fourth-order valence-corrected chi connectivity index (χ4v) is 4.54. The van der Waals surface area contributed by atoms with Crippen molar-refractivity contribution in [2.75, 3.05) is 31.3 Å². The SMILES string of the molecule is CC(=O)N1CSCC1C(=O)N1CCNCC1c1cccc(Cl)c1.Cl. The molecule has 0 radical (unpaired) electrons. The molecule has 0 aromatic heterocycles. The van der Waals surface area contributed by atoms with Crippen LogP contribution in [0.4, 0.5) is 0 Å². The van der Waals surface area contributed by atoms with Crippen LogP contribution >= 0.6 is 35.8 Å². The van der Waals surface area contributed by atoms with Crippen LogP contribution in [0.5, 0.6) is 0 Å². The van der Waals surface area contributed by atoms with E-state index in [2.05, 4.69) is 5.32 Å². The van der Waals surface area contributed by atoms with E-state index in [0.717, 1.165) is 12.1 Å². The first-order chi connectivity index (χ1) is 11.1. The molecule has 2 fully saturated rings. The van der Waals surface area contributed by atoms with E-state index in [9.17, 15) is 9.59 Å². The van der Waals surface area contributed by atoms with Gasteiger partial charge in [0.25, 0.3) is 0 Å². The molecule has 2 atom stereocenters. The quantitative estimate of drug-likeness (QED) is 0.841. The van der Waals surface area contributed by atoms with Gasteiger partial charge in [-0.2, -0.15) is 0 Å². The largest absolute Gasteiger partial charge is 0.331 e. The molecule has 0 spiro atoms. The van der Waals surface area contributed by atoms with Gasteiger partial charge in [-0.15, -0.1) is 24.2 Å². The van der Waals surface area contributed by atoms with Crippen LogP contribution in [0.25, 0.3) is 0 Å². The third-order valence-corrected chi connectivity index (χ3v) is 5.58. The molecule has 0 bridgehead atoms. The Labute approximate surface area is 157 Å². The molecule has 3 rings (SSSR count). The summed E-state index contributed by atoms with van der Waals surface area (Å²) in [6, 6.07) is 7.24. The zero-order valence-corrected chi connectivity index (χ0v) is 15.8. The Hall–Kier alpha value is -0.950. The number of rotatable bonds is 2. The Balaban J connectivity index is 0.00000208. The minimum absolute atomic E-state index is 0. The molecule has 1 N–H and O–H groups in total. The maximum absolute atomic E-state index is 13.0. The molecule has 8 heteroatoms. The zero-order chi connectivity index (χ0) is 16.4. The van der Waals surface area contributed by atoms with Crippen LogP contribution in [-0.4, -0.2) is 58.9 Å². The average molecular weight is 390 g/mol. The Morgan fingerprint density at radius 3 is 2.83 bits per heavy atom. The highest BCUT2D eigenvalue weighted by atomic mass is 35.5. The van der Waals surface area contributed by atoms with Crippen molar-refractivity contribution >= 4 is 47.6 Å². The van der Waals surface area contributed by atoms with Crippen LogP contribution in [0.15, 0.2) is 24.3 Å². The molecule has 2 aliphatic heterocycles. The smallest absolute Gasteiger partial charge is 0.246 e. The van der Waals surface area contributed by atoms with Gasteiger partial charge in [0.2, 0.25) is 11.8 Å². The van der Waals surface area contributed by atoms with Gasteiger partial charge in [0, 0.05) is 37.3 Å². The van der Waals surface area contributed by atoms with E-state index in [1.165, 1.54) is 6.92 Å². The normalized spacial score (nSPS) is 23.8. The summed E-state index contributed by atoms with van der Waals surface area (Å²) in [4.78, 5) is 28.4. The summed E-state index contributed by atoms with van der Waals surface area (Å²) in [5.74, 6) is 1.27. The van der Waals surface area contributed by atoms with E-state index < -0.39 is 0 Å². The lowest BCUT2D eigenvalue weighted by atomic mass is 10.0. The first-order valence-electron chi connectivity index (χ1n) is 7.69. The highest BCUT2D eigenvalue weighted by molar-refractivity contribution is 7.99. The molecule has 24 heavy (non-hydrogen) atoms. The molecule has 0 saturated carbocycles. The number of hydrogen-bond donors (Lipinski definition) is 1. The molecule has 0 aliphatic carbocycles. The Kier molecular flexibility index (Phi) is 6.80. The third-order valence-electron chi connectivity index (χ3n) is 4.33. The molecule has 2 heterocycles. The van der Waals surface area contributed by atoms with Crippen molar-refractivity contribution in [2.24, 2.45) is 0 Å². The molecule has 2 saturated heterocycles. The molecule has 2 amide bonds. The van der Waals surface area contributed by atoms with Gasteiger partial charge in [0.1, 0.15) is 6.04 Å². The van der Waals surface area contributed by atoms with Gasteiger partial charge in [0.05, 0.1) is 11.9 Å². The topological polar surface area (TPSA) is 52.7 Å². The summed E-state index contributed by atoms with van der Waals surface area (Å²) in [5, 5.41) is 4.01. The highest BCUT2D eigenvalue weighted by Gasteiger charge is 2.39. The number of halogens is 2. The van der Waals surface area contributed by atoms with E-state index in [4.69, 9.17) is 11.6 Å². The lowest BCUT2D eigenvalue weighted by Gasteiger charge is -2.39. The molecule has 1 aromatic rings. The average Bonchev–Trinajstić information content (AvgIpc) is 3.04. The number of carbonyl (C=O) groups is 2. The molecule has 2 aliphatic rings. The van der Waals surface area contributed by atoms with E-state index in [1.807, 2.05) is 29.2 Å². The van der Waals surface area contributed by atoms with Crippen molar-refractivity contribution in [3.8, 4) is 0 Å². The maximum Gasteiger partial charge on any atom is 0.246 e. The molecule has 132 valence electrons. The van der Waals surface area contributed by atoms with E-state index in [-0.39, 0.29) is 36.3 Å². The monoisotopic (exact) mass is 389 g/mol. The summed E-state index contributed by atoms with van der Waals surface area (Å²) in [6.45, 7) is 3.63. The number of hydrogen-bond acceptors (Lipinski definition) is 4. The number of amides is 2. The Morgan fingerprint density at radius 2 is 2.12 bits per heavy atom. The van der Waals surface area contributed by atoms with E-state index in [0.29, 0.717) is 29.7 Å². The first kappa shape index (κ1) is 19.4. The van der Waals surface area contributed by atoms with Crippen LogP contribution in [0, 0.1) is 0 Å². The summed E-state index contributed by atoms with van der Waals surface area (Å²) < 4.78 is 0. The van der Waals surface area contributed by atoms with Crippen molar-refractivity contribution in [3.05, 3.63) is 34.9 Å². The van der Waals surface area contributed by atoms with Crippen LogP contribution < -0.4 is 5.32 Å². The fourth-order valence-electron chi connectivity index (χ4n) is 3.13. The van der Waals surface area contributed by atoms with Gasteiger partial charge < -0.3 is 15.1 Å². The minimum Gasteiger partial charge on any atom is -0.331 e. The second-order valence-electron chi connectivity index (χ2n) is 5.81. The molecular formula is C16H21Cl2N3O2S. The minimum atomic E-state index is -0.350. The maximum atomic E-state index is 13.0. The second kappa shape index (κ2) is 8.43. The molecule has 5 nitrogen and oxygen atoms in total. The van der Waals surface area contributed by atoms with Crippen molar-refractivity contribution in [1.82, 2.24) is 15.1 Å². The highest BCUT2D eigenvalue weighted by Crippen LogP contribution is 2.29. The third kappa shape index (κ3) is 3.99. The standard InChI is InChI=1S/C16H20ClN3O2S.ClH/c1-11(21)20-10-23-9-15(20)16(22)19-6-5-18-8-14(19)12-3-2-4-13(17)7-12;/h2-4,7,14-15,18H,5-6,8-10H2,1H3;1H. The molecular weight excluding hydrogens is 369 g/mol. The zero-order valence-electron chi connectivity index (χ0n) is 13.4. The summed E-state index contributed by atoms with van der Waals surface area (Å²) in [7, 11) is 0. The summed E-state index contributed by atoms with van der Waals surface area (Å²) in [6.07, 6.45) is 0. The van der Waals surface area contributed by atoms with Crippen molar-refractivity contribution in [3.63, 3.8) is 0 Å². The van der Waals surface area contributed by atoms with E-state index in [1.54, 1.807) is 16.7 Å². The number of nitrogens with zero attached hydrogens (tertiary/aromatic N) is 2.